The van der Waals surface area contributed by atoms with Crippen molar-refractivity contribution in [1.29, 1.82) is 0 Å². The van der Waals surface area contributed by atoms with Crippen molar-refractivity contribution < 1.29 is 0 Å². The van der Waals surface area contributed by atoms with Crippen LogP contribution in [0, 0.1) is 6.92 Å². The van der Waals surface area contributed by atoms with E-state index in [0.29, 0.717) is 0 Å². The van der Waals surface area contributed by atoms with Crippen LogP contribution < -0.4 is 5.73 Å². The van der Waals surface area contributed by atoms with E-state index in [-0.39, 0.29) is 6.04 Å². The predicted molar refractivity (Wildman–Crippen MR) is 76.8 cm³/mol. The number of rotatable bonds is 2. The van der Waals surface area contributed by atoms with E-state index in [1.807, 2.05) is 19.3 Å². The number of hydrogen-bond acceptors (Lipinski definition) is 3. The summed E-state index contributed by atoms with van der Waals surface area (Å²) in [4.78, 5) is 5.39. The minimum absolute atomic E-state index is 0.0881. The molecule has 0 saturated heterocycles. The molecule has 0 bridgehead atoms. The summed E-state index contributed by atoms with van der Waals surface area (Å²) in [5, 5.41) is 1.26. The summed E-state index contributed by atoms with van der Waals surface area (Å²) in [6.45, 7) is 2.04. The van der Waals surface area contributed by atoms with E-state index in [1.54, 1.807) is 11.3 Å². The Kier molecular flexibility index (Phi) is 2.86. The zero-order valence-electron chi connectivity index (χ0n) is 10.1. The Morgan fingerprint density at radius 3 is 2.78 bits per heavy atom. The third kappa shape index (κ3) is 2.03. The second-order valence-corrected chi connectivity index (χ2v) is 5.58. The summed E-state index contributed by atoms with van der Waals surface area (Å²) in [5.74, 6) is 0. The van der Waals surface area contributed by atoms with E-state index >= 15 is 0 Å². The van der Waals surface area contributed by atoms with Crippen molar-refractivity contribution >= 4 is 21.4 Å². The van der Waals surface area contributed by atoms with Crippen molar-refractivity contribution in [2.45, 2.75) is 13.0 Å². The lowest BCUT2D eigenvalue weighted by Crippen LogP contribution is -2.10. The average Bonchev–Trinajstić information content (AvgIpc) is 2.81. The summed E-state index contributed by atoms with van der Waals surface area (Å²) in [6.07, 6.45) is 3.70. The van der Waals surface area contributed by atoms with Crippen LogP contribution in [-0.4, -0.2) is 4.98 Å². The highest BCUT2D eigenvalue weighted by Gasteiger charge is 2.12. The number of nitrogens with zero attached hydrogens (tertiary/aromatic N) is 1. The smallest absolute Gasteiger partial charge is 0.0661 e. The molecular formula is C15H14N2S. The second kappa shape index (κ2) is 4.52. The van der Waals surface area contributed by atoms with Crippen molar-refractivity contribution in [2.75, 3.05) is 0 Å². The van der Waals surface area contributed by atoms with Crippen LogP contribution in [0.2, 0.25) is 0 Å². The Morgan fingerprint density at radius 1 is 1.17 bits per heavy atom. The molecule has 0 aliphatic heterocycles. The van der Waals surface area contributed by atoms with Crippen molar-refractivity contribution in [3.8, 4) is 0 Å². The van der Waals surface area contributed by atoms with Gasteiger partial charge in [0.25, 0.3) is 0 Å². The lowest BCUT2D eigenvalue weighted by molar-refractivity contribution is 0.882. The third-order valence-electron chi connectivity index (χ3n) is 3.01. The number of pyridine rings is 1. The van der Waals surface area contributed by atoms with E-state index in [0.717, 1.165) is 11.1 Å². The summed E-state index contributed by atoms with van der Waals surface area (Å²) < 4.78 is 1.28. The molecule has 2 nitrogen and oxygen atoms in total. The molecule has 0 saturated carbocycles. The topological polar surface area (TPSA) is 38.9 Å². The number of aromatic nitrogens is 1. The van der Waals surface area contributed by atoms with Gasteiger partial charge < -0.3 is 5.73 Å². The lowest BCUT2D eigenvalue weighted by Gasteiger charge is -2.09. The van der Waals surface area contributed by atoms with E-state index in [2.05, 4.69) is 41.4 Å². The first-order valence-electron chi connectivity index (χ1n) is 5.89. The van der Waals surface area contributed by atoms with Gasteiger partial charge in [-0.05, 0) is 35.6 Å². The van der Waals surface area contributed by atoms with E-state index in [4.69, 9.17) is 5.73 Å². The molecule has 1 atom stereocenters. The molecule has 0 radical (unpaired) electrons. The van der Waals surface area contributed by atoms with Crippen molar-refractivity contribution in [1.82, 2.24) is 4.98 Å². The van der Waals surface area contributed by atoms with Gasteiger partial charge in [-0.25, -0.2) is 0 Å². The Labute approximate surface area is 110 Å². The van der Waals surface area contributed by atoms with Gasteiger partial charge in [0.2, 0.25) is 0 Å². The maximum atomic E-state index is 6.32. The molecule has 18 heavy (non-hydrogen) atoms. The number of hydrogen-bond donors (Lipinski definition) is 1. The summed E-state index contributed by atoms with van der Waals surface area (Å²) in [6, 6.07) is 12.5. The van der Waals surface area contributed by atoms with Crippen LogP contribution >= 0.6 is 11.3 Å². The van der Waals surface area contributed by atoms with Gasteiger partial charge in [-0.2, -0.15) is 0 Å². The van der Waals surface area contributed by atoms with Gasteiger partial charge in [0, 0.05) is 22.0 Å². The van der Waals surface area contributed by atoms with E-state index in [1.165, 1.54) is 15.0 Å². The van der Waals surface area contributed by atoms with Crippen LogP contribution in [0.1, 0.15) is 22.0 Å². The largest absolute Gasteiger partial charge is 0.320 e. The summed E-state index contributed by atoms with van der Waals surface area (Å²) in [7, 11) is 0. The molecule has 1 aromatic carbocycles. The second-order valence-electron chi connectivity index (χ2n) is 4.46. The van der Waals surface area contributed by atoms with Gasteiger partial charge >= 0.3 is 0 Å². The molecule has 2 heterocycles. The molecule has 2 aromatic heterocycles. The standard InChI is InChI=1S/C15H14N2S/c1-10-6-12(9-17-8-10)15(16)14-7-11-4-2-3-5-13(11)18-14/h2-9,15H,16H2,1H3. The molecule has 90 valence electrons. The fourth-order valence-corrected chi connectivity index (χ4v) is 3.16. The molecule has 0 aliphatic rings. The predicted octanol–water partition coefficient (Wildman–Crippen LogP) is 3.65. The molecule has 2 N–H and O–H groups in total. The molecule has 3 heteroatoms. The van der Waals surface area contributed by atoms with Gasteiger partial charge in [0.05, 0.1) is 6.04 Å². The number of fused-ring (bicyclic) bond motifs is 1. The number of aryl methyl sites for hydroxylation is 1. The summed E-state index contributed by atoms with van der Waals surface area (Å²) >= 11 is 1.75. The average molecular weight is 254 g/mol. The first-order valence-corrected chi connectivity index (χ1v) is 6.71. The van der Waals surface area contributed by atoms with Gasteiger partial charge in [0.1, 0.15) is 0 Å². The maximum absolute atomic E-state index is 6.32. The van der Waals surface area contributed by atoms with Crippen LogP contribution in [-0.2, 0) is 0 Å². The first-order chi connectivity index (χ1) is 8.74. The van der Waals surface area contributed by atoms with E-state index < -0.39 is 0 Å². The van der Waals surface area contributed by atoms with Crippen LogP contribution in [0.15, 0.2) is 48.8 Å². The normalized spacial score (nSPS) is 12.8. The highest BCUT2D eigenvalue weighted by atomic mass is 32.1. The van der Waals surface area contributed by atoms with Crippen LogP contribution in [0.4, 0.5) is 0 Å². The van der Waals surface area contributed by atoms with Crippen LogP contribution in [0.3, 0.4) is 0 Å². The molecule has 0 aliphatic carbocycles. The molecule has 1 unspecified atom stereocenters. The van der Waals surface area contributed by atoms with E-state index in [9.17, 15) is 0 Å². The van der Waals surface area contributed by atoms with Gasteiger partial charge in [-0.15, -0.1) is 11.3 Å². The number of nitrogens with two attached hydrogens (primary N) is 1. The summed E-state index contributed by atoms with van der Waals surface area (Å²) in [5.41, 5.74) is 8.53. The first kappa shape index (κ1) is 11.4. The fraction of sp³-hybridized carbons (Fsp3) is 0.133. The maximum Gasteiger partial charge on any atom is 0.0661 e. The molecule has 0 spiro atoms. The van der Waals surface area contributed by atoms with Gasteiger partial charge in [-0.1, -0.05) is 24.3 Å². The minimum atomic E-state index is -0.0881. The Balaban J connectivity index is 2.03. The number of benzene rings is 1. The zero-order valence-corrected chi connectivity index (χ0v) is 10.9. The number of thiophene rings is 1. The van der Waals surface area contributed by atoms with Crippen molar-refractivity contribution in [3.05, 3.63) is 64.8 Å². The SMILES string of the molecule is Cc1cncc(C(N)c2cc3ccccc3s2)c1. The molecular weight excluding hydrogens is 240 g/mol. The Morgan fingerprint density at radius 2 is 2.00 bits per heavy atom. The lowest BCUT2D eigenvalue weighted by atomic mass is 10.1. The zero-order chi connectivity index (χ0) is 12.5. The minimum Gasteiger partial charge on any atom is -0.320 e. The monoisotopic (exact) mass is 254 g/mol. The Bertz CT molecular complexity index is 655. The highest BCUT2D eigenvalue weighted by molar-refractivity contribution is 7.19. The molecule has 0 amide bonds. The Hall–Kier alpha value is -1.71. The molecule has 0 fully saturated rings. The molecule has 3 rings (SSSR count). The van der Waals surface area contributed by atoms with Crippen LogP contribution in [0.5, 0.6) is 0 Å². The van der Waals surface area contributed by atoms with Gasteiger partial charge in [0.15, 0.2) is 0 Å². The van der Waals surface area contributed by atoms with Gasteiger partial charge in [-0.3, -0.25) is 4.98 Å². The van der Waals surface area contributed by atoms with Crippen molar-refractivity contribution in [3.63, 3.8) is 0 Å². The fourth-order valence-electron chi connectivity index (χ4n) is 2.07. The van der Waals surface area contributed by atoms with Crippen LogP contribution in [0.25, 0.3) is 10.1 Å². The molecule has 3 aromatic rings. The quantitative estimate of drug-likeness (QED) is 0.758. The highest BCUT2D eigenvalue weighted by Crippen LogP contribution is 2.31. The third-order valence-corrected chi connectivity index (χ3v) is 4.21. The van der Waals surface area contributed by atoms with Crippen molar-refractivity contribution in [2.24, 2.45) is 5.73 Å².